The van der Waals surface area contributed by atoms with Crippen LogP contribution in [0, 0.1) is 0 Å². The number of rotatable bonds is 10. The van der Waals surface area contributed by atoms with Crippen molar-refractivity contribution in [2.24, 2.45) is 0 Å². The molecule has 0 radical (unpaired) electrons. The molecule has 1 aliphatic rings. The first-order valence-electron chi connectivity index (χ1n) is 8.47. The molecule has 1 aliphatic heterocycles. The van der Waals surface area contributed by atoms with Gasteiger partial charge in [0.05, 0.1) is 6.61 Å². The summed E-state index contributed by atoms with van der Waals surface area (Å²) in [6.45, 7) is 1.24. The van der Waals surface area contributed by atoms with Gasteiger partial charge in [0.1, 0.15) is 24.9 Å². The maximum absolute atomic E-state index is 11.6. The molecule has 0 unspecified atom stereocenters. The lowest BCUT2D eigenvalue weighted by atomic mass is 9.97. The number of aliphatic hydroxyl groups is 4. The van der Waals surface area contributed by atoms with Crippen molar-refractivity contribution in [1.29, 1.82) is 0 Å². The second-order valence-electron chi connectivity index (χ2n) is 6.19. The van der Waals surface area contributed by atoms with Crippen LogP contribution in [-0.4, -0.2) is 63.7 Å². The number of esters is 1. The smallest absolute Gasteiger partial charge is 0.305 e. The molecule has 1 heterocycles. The van der Waals surface area contributed by atoms with Gasteiger partial charge in [0.15, 0.2) is 0 Å². The van der Waals surface area contributed by atoms with E-state index < -0.39 is 36.7 Å². The van der Waals surface area contributed by atoms with Crippen LogP contribution >= 0.6 is 0 Å². The van der Waals surface area contributed by atoms with E-state index in [4.69, 9.17) is 9.47 Å². The van der Waals surface area contributed by atoms with Crippen LogP contribution in [0.1, 0.15) is 58.3 Å². The van der Waals surface area contributed by atoms with Crippen LogP contribution in [0.4, 0.5) is 0 Å². The standard InChI is InChI=1S/C16H30O7/c1-2-3-4-5-6-7-8-9-13(18)22-11-16(21)15(20)14(19)12(17)10-23-16/h12,14-15,17,19-21H,2-11H2,1H3/t12-,14+,15-,16+/m1/s1. The number of hydrogen-bond acceptors (Lipinski definition) is 7. The van der Waals surface area contributed by atoms with E-state index in [1.807, 2.05) is 0 Å². The van der Waals surface area contributed by atoms with Crippen LogP contribution in [-0.2, 0) is 14.3 Å². The molecule has 1 rings (SSSR count). The second-order valence-corrected chi connectivity index (χ2v) is 6.19. The maximum Gasteiger partial charge on any atom is 0.305 e. The van der Waals surface area contributed by atoms with Gasteiger partial charge in [-0.25, -0.2) is 0 Å². The zero-order chi connectivity index (χ0) is 17.3. The van der Waals surface area contributed by atoms with Crippen molar-refractivity contribution in [3.05, 3.63) is 0 Å². The first-order chi connectivity index (χ1) is 10.9. The van der Waals surface area contributed by atoms with E-state index in [0.717, 1.165) is 12.8 Å². The molecule has 23 heavy (non-hydrogen) atoms. The fourth-order valence-electron chi connectivity index (χ4n) is 2.50. The molecule has 7 heteroatoms. The average molecular weight is 334 g/mol. The number of ether oxygens (including phenoxy) is 2. The molecule has 0 bridgehead atoms. The quantitative estimate of drug-likeness (QED) is 0.339. The molecule has 0 spiro atoms. The number of carbonyl (C=O) groups is 1. The summed E-state index contributed by atoms with van der Waals surface area (Å²) in [6, 6.07) is 0. The van der Waals surface area contributed by atoms with Gasteiger partial charge >= 0.3 is 5.97 Å². The molecule has 0 aromatic carbocycles. The molecular formula is C16H30O7. The summed E-state index contributed by atoms with van der Waals surface area (Å²) in [7, 11) is 0. The van der Waals surface area contributed by atoms with Gasteiger partial charge in [-0.15, -0.1) is 0 Å². The van der Waals surface area contributed by atoms with Crippen molar-refractivity contribution >= 4 is 5.97 Å². The molecule has 0 aromatic heterocycles. The largest absolute Gasteiger partial charge is 0.460 e. The molecule has 4 N–H and O–H groups in total. The minimum absolute atomic E-state index is 0.241. The topological polar surface area (TPSA) is 116 Å². The number of carbonyl (C=O) groups excluding carboxylic acids is 1. The zero-order valence-electron chi connectivity index (χ0n) is 13.8. The molecule has 4 atom stereocenters. The Morgan fingerprint density at radius 2 is 1.74 bits per heavy atom. The Morgan fingerprint density at radius 3 is 2.39 bits per heavy atom. The Kier molecular flexibility index (Phi) is 9.01. The lowest BCUT2D eigenvalue weighted by Crippen LogP contribution is -2.63. The summed E-state index contributed by atoms with van der Waals surface area (Å²) in [5.41, 5.74) is 0. The van der Waals surface area contributed by atoms with Crippen molar-refractivity contribution in [3.63, 3.8) is 0 Å². The predicted octanol–water partition coefficient (Wildman–Crippen LogP) is 0.472. The van der Waals surface area contributed by atoms with Gasteiger partial charge in [-0.05, 0) is 6.42 Å². The summed E-state index contributed by atoms with van der Waals surface area (Å²) < 4.78 is 9.83. The van der Waals surface area contributed by atoms with Crippen LogP contribution in [0.25, 0.3) is 0 Å². The minimum Gasteiger partial charge on any atom is -0.460 e. The molecular weight excluding hydrogens is 304 g/mol. The maximum atomic E-state index is 11.6. The molecule has 0 aromatic rings. The third kappa shape index (κ3) is 6.73. The van der Waals surface area contributed by atoms with E-state index in [-0.39, 0.29) is 13.0 Å². The van der Waals surface area contributed by atoms with E-state index in [1.54, 1.807) is 0 Å². The Labute approximate surface area is 137 Å². The van der Waals surface area contributed by atoms with Gasteiger partial charge in [-0.3, -0.25) is 4.79 Å². The fraction of sp³-hybridized carbons (Fsp3) is 0.938. The van der Waals surface area contributed by atoms with Crippen molar-refractivity contribution in [2.75, 3.05) is 13.2 Å². The monoisotopic (exact) mass is 334 g/mol. The number of aliphatic hydroxyl groups excluding tert-OH is 3. The normalized spacial score (nSPS) is 31.1. The minimum atomic E-state index is -2.19. The highest BCUT2D eigenvalue weighted by molar-refractivity contribution is 5.69. The Morgan fingerprint density at radius 1 is 1.13 bits per heavy atom. The number of unbranched alkanes of at least 4 members (excludes halogenated alkanes) is 6. The first-order valence-corrected chi connectivity index (χ1v) is 8.47. The van der Waals surface area contributed by atoms with Crippen molar-refractivity contribution in [3.8, 4) is 0 Å². The summed E-state index contributed by atoms with van der Waals surface area (Å²) in [6.07, 6.45) is 3.26. The lowest BCUT2D eigenvalue weighted by molar-refractivity contribution is -0.332. The van der Waals surface area contributed by atoms with E-state index in [1.165, 1.54) is 25.7 Å². The van der Waals surface area contributed by atoms with Crippen molar-refractivity contribution < 1.29 is 34.7 Å². The molecule has 0 saturated carbocycles. The third-order valence-electron chi connectivity index (χ3n) is 4.11. The van der Waals surface area contributed by atoms with Gasteiger partial charge in [-0.1, -0.05) is 45.4 Å². The van der Waals surface area contributed by atoms with E-state index in [2.05, 4.69) is 6.92 Å². The van der Waals surface area contributed by atoms with Gasteiger partial charge in [0, 0.05) is 6.42 Å². The SMILES string of the molecule is CCCCCCCCCC(=O)OC[C@]1(O)OC[C@@H](O)[C@H](O)[C@H]1O. The highest BCUT2D eigenvalue weighted by atomic mass is 16.7. The van der Waals surface area contributed by atoms with Gasteiger partial charge in [0.2, 0.25) is 5.79 Å². The van der Waals surface area contributed by atoms with Crippen LogP contribution in [0.3, 0.4) is 0 Å². The molecule has 0 amide bonds. The summed E-state index contributed by atoms with van der Waals surface area (Å²) in [5.74, 6) is -2.67. The van der Waals surface area contributed by atoms with Crippen LogP contribution in [0.5, 0.6) is 0 Å². The van der Waals surface area contributed by atoms with Gasteiger partial charge in [-0.2, -0.15) is 0 Å². The predicted molar refractivity (Wildman–Crippen MR) is 82.5 cm³/mol. The van der Waals surface area contributed by atoms with E-state index in [9.17, 15) is 25.2 Å². The summed E-state index contributed by atoms with van der Waals surface area (Å²) in [5, 5.41) is 38.6. The van der Waals surface area contributed by atoms with E-state index >= 15 is 0 Å². The summed E-state index contributed by atoms with van der Waals surface area (Å²) >= 11 is 0. The third-order valence-corrected chi connectivity index (χ3v) is 4.11. The molecule has 136 valence electrons. The fourth-order valence-corrected chi connectivity index (χ4v) is 2.50. The zero-order valence-corrected chi connectivity index (χ0v) is 13.8. The van der Waals surface area contributed by atoms with Crippen LogP contribution < -0.4 is 0 Å². The van der Waals surface area contributed by atoms with Crippen molar-refractivity contribution in [2.45, 2.75) is 82.4 Å². The molecule has 1 saturated heterocycles. The van der Waals surface area contributed by atoms with Crippen molar-refractivity contribution in [1.82, 2.24) is 0 Å². The van der Waals surface area contributed by atoms with Gasteiger partial charge in [0.25, 0.3) is 0 Å². The van der Waals surface area contributed by atoms with Crippen LogP contribution in [0.2, 0.25) is 0 Å². The molecule has 1 fully saturated rings. The Bertz CT molecular complexity index is 349. The number of hydrogen-bond donors (Lipinski definition) is 4. The van der Waals surface area contributed by atoms with Crippen LogP contribution in [0.15, 0.2) is 0 Å². The Balaban J connectivity index is 2.17. The summed E-state index contributed by atoms with van der Waals surface area (Å²) in [4.78, 5) is 11.6. The van der Waals surface area contributed by atoms with E-state index in [0.29, 0.717) is 6.42 Å². The highest BCUT2D eigenvalue weighted by Crippen LogP contribution is 2.24. The van der Waals surface area contributed by atoms with Gasteiger partial charge < -0.3 is 29.9 Å². The molecule has 7 nitrogen and oxygen atoms in total. The molecule has 0 aliphatic carbocycles. The second kappa shape index (κ2) is 10.2. The average Bonchev–Trinajstić information content (AvgIpc) is 2.54. The Hall–Kier alpha value is -0.730. The highest BCUT2D eigenvalue weighted by Gasteiger charge is 2.49. The lowest BCUT2D eigenvalue weighted by Gasteiger charge is -2.40. The first kappa shape index (κ1) is 20.3.